The molecule has 0 aliphatic heterocycles. The molecule has 0 saturated heterocycles. The van der Waals surface area contributed by atoms with Crippen LogP contribution in [0.2, 0.25) is 0 Å². The molecule has 4 atom stereocenters. The van der Waals surface area contributed by atoms with Gasteiger partial charge >= 0.3 is 0 Å². The summed E-state index contributed by atoms with van der Waals surface area (Å²) in [6.45, 7) is 9.45. The van der Waals surface area contributed by atoms with Gasteiger partial charge in [0, 0.05) is 11.3 Å². The van der Waals surface area contributed by atoms with Crippen molar-refractivity contribution in [3.63, 3.8) is 0 Å². The molecule has 0 spiro atoms. The molecule has 18 heavy (non-hydrogen) atoms. The van der Waals surface area contributed by atoms with Crippen LogP contribution in [-0.2, 0) is 0 Å². The number of hydrogen-bond acceptors (Lipinski definition) is 3. The van der Waals surface area contributed by atoms with E-state index in [1.807, 2.05) is 6.92 Å². The molecule has 0 heterocycles. The Hall–Kier alpha value is -0.380. The van der Waals surface area contributed by atoms with E-state index >= 15 is 0 Å². The molecule has 0 aromatic heterocycles. The van der Waals surface area contributed by atoms with Gasteiger partial charge in [0.1, 0.15) is 5.60 Å². The van der Waals surface area contributed by atoms with Crippen molar-refractivity contribution in [2.45, 2.75) is 70.2 Å². The molecule has 0 amide bonds. The monoisotopic (exact) mass is 254 g/mol. The molecule has 3 heteroatoms. The van der Waals surface area contributed by atoms with Crippen molar-refractivity contribution < 1.29 is 15.3 Å². The molecule has 0 aromatic rings. The van der Waals surface area contributed by atoms with Crippen LogP contribution in [0.4, 0.5) is 0 Å². The first kappa shape index (κ1) is 14.0. The first-order chi connectivity index (χ1) is 8.13. The van der Waals surface area contributed by atoms with E-state index in [2.05, 4.69) is 6.58 Å². The number of aliphatic hydroxyl groups excluding tert-OH is 1. The highest BCUT2D eigenvalue weighted by atomic mass is 16.3. The topological polar surface area (TPSA) is 60.7 Å². The summed E-state index contributed by atoms with van der Waals surface area (Å²) in [5, 5.41) is 31.9. The zero-order valence-electron chi connectivity index (χ0n) is 11.7. The van der Waals surface area contributed by atoms with Gasteiger partial charge in [-0.3, -0.25) is 0 Å². The van der Waals surface area contributed by atoms with Crippen molar-refractivity contribution in [3.05, 3.63) is 12.2 Å². The second-order valence-corrected chi connectivity index (χ2v) is 7.03. The minimum Gasteiger partial charge on any atom is -0.390 e. The summed E-state index contributed by atoms with van der Waals surface area (Å²) < 4.78 is 0. The highest BCUT2D eigenvalue weighted by Crippen LogP contribution is 2.57. The Balaban J connectivity index is 2.40. The fourth-order valence-electron chi connectivity index (χ4n) is 4.04. The number of rotatable bonds is 1. The molecule has 104 valence electrons. The second kappa shape index (κ2) is 4.06. The highest BCUT2D eigenvalue weighted by Gasteiger charge is 2.61. The highest BCUT2D eigenvalue weighted by molar-refractivity contribution is 5.27. The predicted molar refractivity (Wildman–Crippen MR) is 71.1 cm³/mol. The van der Waals surface area contributed by atoms with E-state index in [1.54, 1.807) is 13.8 Å². The van der Waals surface area contributed by atoms with Crippen LogP contribution >= 0.6 is 0 Å². The van der Waals surface area contributed by atoms with Crippen molar-refractivity contribution >= 4 is 0 Å². The Kier molecular flexibility index (Phi) is 3.16. The molecule has 2 aliphatic rings. The molecule has 0 bridgehead atoms. The standard InChI is InChI=1S/C15H26O3/c1-10-6-5-8-14(4)9-7-11(13(2,3)17)12(16)15(10,14)18/h11-12,16-18H,1,5-9H2,2-4H3/t11-,12+,14-,15-/m1/s1. The fourth-order valence-corrected chi connectivity index (χ4v) is 4.04. The predicted octanol–water partition coefficient (Wildman–Crippen LogP) is 2.01. The third kappa shape index (κ3) is 1.75. The quantitative estimate of drug-likeness (QED) is 0.627. The Labute approximate surface area is 110 Å². The minimum absolute atomic E-state index is 0.301. The van der Waals surface area contributed by atoms with Crippen molar-refractivity contribution in [2.75, 3.05) is 0 Å². The normalized spacial score (nSPS) is 45.8. The molecule has 0 unspecified atom stereocenters. The van der Waals surface area contributed by atoms with Crippen LogP contribution in [0.3, 0.4) is 0 Å². The molecule has 0 aromatic carbocycles. The van der Waals surface area contributed by atoms with Crippen LogP contribution < -0.4 is 0 Å². The van der Waals surface area contributed by atoms with Crippen LogP contribution in [0.15, 0.2) is 12.2 Å². The molecule has 3 N–H and O–H groups in total. The SMILES string of the molecule is C=C1CCC[C@]2(C)CC[C@@H](C(C)(C)O)[C@H](O)[C@]12O. The van der Waals surface area contributed by atoms with Gasteiger partial charge in [-0.1, -0.05) is 13.5 Å². The third-order valence-electron chi connectivity index (χ3n) is 5.39. The molecule has 2 rings (SSSR count). The lowest BCUT2D eigenvalue weighted by atomic mass is 9.51. The van der Waals surface area contributed by atoms with Crippen molar-refractivity contribution in [1.82, 2.24) is 0 Å². The summed E-state index contributed by atoms with van der Waals surface area (Å²) in [6.07, 6.45) is 3.35. The molecule has 2 fully saturated rings. The third-order valence-corrected chi connectivity index (χ3v) is 5.39. The van der Waals surface area contributed by atoms with Crippen LogP contribution in [0.25, 0.3) is 0 Å². The van der Waals surface area contributed by atoms with Gasteiger partial charge < -0.3 is 15.3 Å². The van der Waals surface area contributed by atoms with Gasteiger partial charge in [-0.25, -0.2) is 0 Å². The van der Waals surface area contributed by atoms with E-state index in [0.717, 1.165) is 37.7 Å². The maximum atomic E-state index is 11.1. The van der Waals surface area contributed by atoms with E-state index in [4.69, 9.17) is 0 Å². The minimum atomic E-state index is -1.24. The van der Waals surface area contributed by atoms with Gasteiger partial charge in [0.05, 0.1) is 11.7 Å². The largest absolute Gasteiger partial charge is 0.390 e. The molecular weight excluding hydrogens is 228 g/mol. The Morgan fingerprint density at radius 2 is 1.94 bits per heavy atom. The van der Waals surface area contributed by atoms with Gasteiger partial charge in [-0.15, -0.1) is 0 Å². The lowest BCUT2D eigenvalue weighted by Crippen LogP contribution is -2.65. The fraction of sp³-hybridized carbons (Fsp3) is 0.867. The van der Waals surface area contributed by atoms with Gasteiger partial charge in [0.25, 0.3) is 0 Å². The summed E-state index contributed by atoms with van der Waals surface area (Å²) >= 11 is 0. The average Bonchev–Trinajstić information content (AvgIpc) is 2.22. The first-order valence-electron chi connectivity index (χ1n) is 6.94. The van der Waals surface area contributed by atoms with Gasteiger partial charge in [0.2, 0.25) is 0 Å². The lowest BCUT2D eigenvalue weighted by molar-refractivity contribution is -0.213. The molecule has 2 aliphatic carbocycles. The van der Waals surface area contributed by atoms with Gasteiger partial charge in [-0.2, -0.15) is 0 Å². The maximum absolute atomic E-state index is 11.1. The van der Waals surface area contributed by atoms with E-state index < -0.39 is 17.3 Å². The summed E-state index contributed by atoms with van der Waals surface area (Å²) in [5.74, 6) is -0.301. The van der Waals surface area contributed by atoms with E-state index in [-0.39, 0.29) is 11.3 Å². The average molecular weight is 254 g/mol. The Morgan fingerprint density at radius 1 is 1.33 bits per heavy atom. The summed E-state index contributed by atoms with van der Waals surface area (Å²) in [5.41, 5.74) is -1.79. The number of fused-ring (bicyclic) bond motifs is 1. The molecular formula is C15H26O3. The Morgan fingerprint density at radius 3 is 2.50 bits per heavy atom. The maximum Gasteiger partial charge on any atom is 0.117 e. The van der Waals surface area contributed by atoms with E-state index in [0.29, 0.717) is 0 Å². The summed E-state index contributed by atoms with van der Waals surface area (Å²) in [4.78, 5) is 0. The van der Waals surface area contributed by atoms with E-state index in [1.165, 1.54) is 0 Å². The van der Waals surface area contributed by atoms with Gasteiger partial charge in [0.15, 0.2) is 0 Å². The van der Waals surface area contributed by atoms with Crippen molar-refractivity contribution in [3.8, 4) is 0 Å². The molecule has 2 saturated carbocycles. The summed E-state index contributed by atoms with van der Waals surface area (Å²) in [7, 11) is 0. The van der Waals surface area contributed by atoms with Crippen molar-refractivity contribution in [1.29, 1.82) is 0 Å². The van der Waals surface area contributed by atoms with Gasteiger partial charge in [-0.05, 0) is 51.5 Å². The first-order valence-corrected chi connectivity index (χ1v) is 6.94. The van der Waals surface area contributed by atoms with Crippen LogP contribution in [0.1, 0.15) is 52.9 Å². The number of aliphatic hydroxyl groups is 3. The lowest BCUT2D eigenvalue weighted by Gasteiger charge is -2.59. The molecule has 3 nitrogen and oxygen atoms in total. The van der Waals surface area contributed by atoms with Crippen LogP contribution in [-0.4, -0.2) is 32.6 Å². The second-order valence-electron chi connectivity index (χ2n) is 7.03. The van der Waals surface area contributed by atoms with Crippen LogP contribution in [0.5, 0.6) is 0 Å². The number of hydrogen-bond donors (Lipinski definition) is 3. The smallest absolute Gasteiger partial charge is 0.117 e. The Bertz CT molecular complexity index is 357. The van der Waals surface area contributed by atoms with Crippen molar-refractivity contribution in [2.24, 2.45) is 11.3 Å². The summed E-state index contributed by atoms with van der Waals surface area (Å²) in [6, 6.07) is 0. The zero-order valence-corrected chi connectivity index (χ0v) is 11.7. The van der Waals surface area contributed by atoms with E-state index in [9.17, 15) is 15.3 Å². The van der Waals surface area contributed by atoms with Crippen LogP contribution in [0, 0.1) is 11.3 Å². The zero-order chi connectivity index (χ0) is 13.8. The molecule has 0 radical (unpaired) electrons.